The summed E-state index contributed by atoms with van der Waals surface area (Å²) in [6.45, 7) is 3.64. The number of carbonyl (C=O) groups is 2. The molecular weight excluding hydrogens is 332 g/mol. The average molecular weight is 352 g/mol. The number of amides is 2. The molecule has 1 aromatic heterocycles. The maximum absolute atomic E-state index is 12.3. The summed E-state index contributed by atoms with van der Waals surface area (Å²) >= 11 is 0. The van der Waals surface area contributed by atoms with E-state index in [1.807, 2.05) is 13.0 Å². The number of guanidine groups is 1. The topological polar surface area (TPSA) is 114 Å². The molecule has 2 amide bonds. The molecule has 3 N–H and O–H groups in total. The minimum absolute atomic E-state index is 0.107. The minimum atomic E-state index is -0.780. The third-order valence-electron chi connectivity index (χ3n) is 4.33. The number of nitrogens with one attached hydrogen (secondary N) is 1. The summed E-state index contributed by atoms with van der Waals surface area (Å²) in [5.41, 5.74) is 7.41. The molecule has 2 aromatic rings. The standard InChI is InChI=1S/C18H20N6O2/c1-11-9-21-14(10-20-11)16(26)22-13-6-4-5-12(7-13)18(2)8-15(25)24(3)17(19)23-18/h4-7,9-10H,8H2,1-3H3,(H2,19,23)(H,22,26). The second kappa shape index (κ2) is 6.55. The normalized spacial score (nSPS) is 19.9. The summed E-state index contributed by atoms with van der Waals surface area (Å²) in [5, 5.41) is 2.79. The summed E-state index contributed by atoms with van der Waals surface area (Å²) in [5.74, 6) is -0.292. The van der Waals surface area contributed by atoms with Gasteiger partial charge in [0.05, 0.1) is 23.9 Å². The van der Waals surface area contributed by atoms with Gasteiger partial charge in [-0.3, -0.25) is 19.5 Å². The third-order valence-corrected chi connectivity index (χ3v) is 4.33. The van der Waals surface area contributed by atoms with Crippen molar-refractivity contribution < 1.29 is 9.59 Å². The largest absolute Gasteiger partial charge is 0.369 e. The molecule has 2 heterocycles. The van der Waals surface area contributed by atoms with E-state index in [9.17, 15) is 9.59 Å². The molecule has 1 unspecified atom stereocenters. The van der Waals surface area contributed by atoms with Crippen LogP contribution in [0.5, 0.6) is 0 Å². The smallest absolute Gasteiger partial charge is 0.275 e. The summed E-state index contributed by atoms with van der Waals surface area (Å²) in [6, 6.07) is 7.20. The molecule has 8 heteroatoms. The predicted octanol–water partition coefficient (Wildman–Crippen LogP) is 1.43. The van der Waals surface area contributed by atoms with Crippen molar-refractivity contribution in [3.05, 3.63) is 53.6 Å². The zero-order valence-electron chi connectivity index (χ0n) is 14.9. The first kappa shape index (κ1) is 17.5. The van der Waals surface area contributed by atoms with Gasteiger partial charge in [0.25, 0.3) is 5.91 Å². The quantitative estimate of drug-likeness (QED) is 0.867. The van der Waals surface area contributed by atoms with E-state index >= 15 is 0 Å². The number of carbonyl (C=O) groups excluding carboxylic acids is 2. The zero-order chi connectivity index (χ0) is 18.9. The van der Waals surface area contributed by atoms with Crippen LogP contribution in [0.1, 0.15) is 35.1 Å². The van der Waals surface area contributed by atoms with Gasteiger partial charge in [0.1, 0.15) is 5.69 Å². The lowest BCUT2D eigenvalue weighted by molar-refractivity contribution is -0.128. The number of nitrogens with zero attached hydrogens (tertiary/aromatic N) is 4. The number of aryl methyl sites for hydroxylation is 1. The second-order valence-corrected chi connectivity index (χ2v) is 6.45. The molecule has 0 spiro atoms. The molecule has 1 aliphatic heterocycles. The van der Waals surface area contributed by atoms with Gasteiger partial charge < -0.3 is 11.1 Å². The molecule has 26 heavy (non-hydrogen) atoms. The van der Waals surface area contributed by atoms with Crippen LogP contribution in [0.3, 0.4) is 0 Å². The molecule has 0 aliphatic carbocycles. The number of rotatable bonds is 3. The van der Waals surface area contributed by atoms with Gasteiger partial charge in [-0.05, 0) is 31.5 Å². The lowest BCUT2D eigenvalue weighted by Crippen LogP contribution is -2.47. The number of anilines is 1. The van der Waals surface area contributed by atoms with E-state index in [2.05, 4.69) is 20.3 Å². The highest BCUT2D eigenvalue weighted by molar-refractivity contribution is 6.02. The highest BCUT2D eigenvalue weighted by Gasteiger charge is 2.36. The lowest BCUT2D eigenvalue weighted by atomic mass is 9.87. The van der Waals surface area contributed by atoms with Crippen LogP contribution in [-0.2, 0) is 10.3 Å². The molecule has 134 valence electrons. The highest BCUT2D eigenvalue weighted by atomic mass is 16.2. The number of hydrogen-bond donors (Lipinski definition) is 2. The Kier molecular flexibility index (Phi) is 4.41. The van der Waals surface area contributed by atoms with E-state index in [4.69, 9.17) is 5.73 Å². The van der Waals surface area contributed by atoms with Crippen molar-refractivity contribution in [2.75, 3.05) is 12.4 Å². The third kappa shape index (κ3) is 3.39. The fraction of sp³-hybridized carbons (Fsp3) is 0.278. The van der Waals surface area contributed by atoms with Crippen LogP contribution in [0.4, 0.5) is 5.69 Å². The molecule has 0 bridgehead atoms. The first-order valence-electron chi connectivity index (χ1n) is 8.11. The van der Waals surface area contributed by atoms with Crippen LogP contribution in [0, 0.1) is 6.92 Å². The monoisotopic (exact) mass is 352 g/mol. The van der Waals surface area contributed by atoms with Crippen molar-refractivity contribution >= 4 is 23.5 Å². The van der Waals surface area contributed by atoms with Crippen LogP contribution in [0.2, 0.25) is 0 Å². The minimum Gasteiger partial charge on any atom is -0.369 e. The van der Waals surface area contributed by atoms with Crippen LogP contribution < -0.4 is 11.1 Å². The van der Waals surface area contributed by atoms with E-state index in [1.54, 1.807) is 32.2 Å². The van der Waals surface area contributed by atoms with Crippen LogP contribution in [-0.4, -0.2) is 39.7 Å². The maximum Gasteiger partial charge on any atom is 0.275 e. The van der Waals surface area contributed by atoms with Crippen LogP contribution in [0.15, 0.2) is 41.7 Å². The van der Waals surface area contributed by atoms with Crippen molar-refractivity contribution in [3.63, 3.8) is 0 Å². The van der Waals surface area contributed by atoms with Gasteiger partial charge >= 0.3 is 0 Å². The molecule has 1 aromatic carbocycles. The Morgan fingerprint density at radius 1 is 1.31 bits per heavy atom. The van der Waals surface area contributed by atoms with E-state index in [1.165, 1.54) is 17.3 Å². The van der Waals surface area contributed by atoms with E-state index in [0.717, 1.165) is 11.3 Å². The first-order chi connectivity index (χ1) is 12.3. The highest BCUT2D eigenvalue weighted by Crippen LogP contribution is 2.34. The SMILES string of the molecule is Cc1cnc(C(=O)Nc2cccc(C3(C)CC(=O)N(C)C(N)=N3)c2)cn1. The average Bonchev–Trinajstić information content (AvgIpc) is 2.60. The molecule has 3 rings (SSSR count). The zero-order valence-corrected chi connectivity index (χ0v) is 14.9. The summed E-state index contributed by atoms with van der Waals surface area (Å²) in [6.07, 6.45) is 3.16. The fourth-order valence-electron chi connectivity index (χ4n) is 2.71. The van der Waals surface area contributed by atoms with Crippen molar-refractivity contribution in [2.24, 2.45) is 10.7 Å². The van der Waals surface area contributed by atoms with Gasteiger partial charge in [-0.1, -0.05) is 12.1 Å². The molecule has 0 saturated heterocycles. The molecule has 1 aliphatic rings. The first-order valence-corrected chi connectivity index (χ1v) is 8.11. The Hall–Kier alpha value is -3.29. The van der Waals surface area contributed by atoms with Gasteiger partial charge in [-0.25, -0.2) is 9.98 Å². The van der Waals surface area contributed by atoms with Gasteiger partial charge in [0, 0.05) is 18.9 Å². The maximum atomic E-state index is 12.3. The number of aromatic nitrogens is 2. The van der Waals surface area contributed by atoms with Gasteiger partial charge in [-0.2, -0.15) is 0 Å². The lowest BCUT2D eigenvalue weighted by Gasteiger charge is -2.33. The van der Waals surface area contributed by atoms with E-state index in [0.29, 0.717) is 5.69 Å². The van der Waals surface area contributed by atoms with Crippen molar-refractivity contribution in [1.29, 1.82) is 0 Å². The Morgan fingerprint density at radius 2 is 2.08 bits per heavy atom. The second-order valence-electron chi connectivity index (χ2n) is 6.45. The number of hydrogen-bond acceptors (Lipinski definition) is 6. The van der Waals surface area contributed by atoms with Crippen molar-refractivity contribution in [1.82, 2.24) is 14.9 Å². The Bertz CT molecular complexity index is 893. The van der Waals surface area contributed by atoms with Crippen LogP contribution in [0.25, 0.3) is 0 Å². The van der Waals surface area contributed by atoms with Crippen molar-refractivity contribution in [3.8, 4) is 0 Å². The van der Waals surface area contributed by atoms with E-state index in [-0.39, 0.29) is 29.9 Å². The van der Waals surface area contributed by atoms with Crippen LogP contribution >= 0.6 is 0 Å². The van der Waals surface area contributed by atoms with E-state index < -0.39 is 5.54 Å². The van der Waals surface area contributed by atoms with Gasteiger partial charge in [0.2, 0.25) is 5.91 Å². The molecule has 0 saturated carbocycles. The molecule has 0 fully saturated rings. The number of benzene rings is 1. The predicted molar refractivity (Wildman–Crippen MR) is 97.5 cm³/mol. The summed E-state index contributed by atoms with van der Waals surface area (Å²) < 4.78 is 0. The number of aliphatic imine (C=N–C) groups is 1. The Labute approximate surface area is 151 Å². The van der Waals surface area contributed by atoms with Gasteiger partial charge in [-0.15, -0.1) is 0 Å². The number of nitrogens with two attached hydrogens (primary N) is 1. The molecule has 0 radical (unpaired) electrons. The van der Waals surface area contributed by atoms with Gasteiger partial charge in [0.15, 0.2) is 5.96 Å². The summed E-state index contributed by atoms with van der Waals surface area (Å²) in [4.78, 5) is 38.4. The summed E-state index contributed by atoms with van der Waals surface area (Å²) in [7, 11) is 1.60. The molecule has 1 atom stereocenters. The molecule has 8 nitrogen and oxygen atoms in total. The fourth-order valence-corrected chi connectivity index (χ4v) is 2.71. The Balaban J connectivity index is 1.85. The Morgan fingerprint density at radius 3 is 2.73 bits per heavy atom. The molecular formula is C18H20N6O2. The van der Waals surface area contributed by atoms with Crippen molar-refractivity contribution in [2.45, 2.75) is 25.8 Å².